The van der Waals surface area contributed by atoms with Crippen molar-refractivity contribution < 1.29 is 32.3 Å². The number of hydrogen-bond acceptors (Lipinski definition) is 10. The van der Waals surface area contributed by atoms with Crippen LogP contribution in [0.5, 0.6) is 11.5 Å². The number of benzene rings is 1. The van der Waals surface area contributed by atoms with Crippen LogP contribution in [0.2, 0.25) is 0 Å². The van der Waals surface area contributed by atoms with Crippen LogP contribution in [-0.4, -0.2) is 72.6 Å². The van der Waals surface area contributed by atoms with Gasteiger partial charge in [0.05, 0.1) is 29.4 Å². The number of amides is 3. The van der Waals surface area contributed by atoms with Crippen molar-refractivity contribution in [1.82, 2.24) is 19.6 Å². The van der Waals surface area contributed by atoms with E-state index in [2.05, 4.69) is 27.8 Å². The summed E-state index contributed by atoms with van der Waals surface area (Å²) in [4.78, 5) is 50.4. The lowest BCUT2D eigenvalue weighted by molar-refractivity contribution is -0.143. The van der Waals surface area contributed by atoms with Crippen LogP contribution in [0.25, 0.3) is 21.6 Å². The minimum absolute atomic E-state index is 0.0170. The number of unbranched alkanes of at least 4 members (excludes halogenated alkanes) is 2. The average Bonchev–Trinajstić information content (AvgIpc) is 3.52. The summed E-state index contributed by atoms with van der Waals surface area (Å²) in [6.07, 6.45) is 16.6. The van der Waals surface area contributed by atoms with Gasteiger partial charge in [0.1, 0.15) is 27.9 Å². The lowest BCUT2D eigenvalue weighted by Crippen LogP contribution is -2.46. The number of rotatable bonds is 15. The first-order valence-corrected chi connectivity index (χ1v) is 21.5. The number of nitrogens with two attached hydrogens (primary N) is 1. The number of nitrogens with zero attached hydrogens (tertiary/aromatic N) is 3. The molecule has 0 aliphatic heterocycles. The van der Waals surface area contributed by atoms with E-state index in [1.165, 1.54) is 11.3 Å². The maximum absolute atomic E-state index is 13.7. The number of terminal acetylenes is 1. The normalized spacial score (nSPS) is 23.3. The Morgan fingerprint density at radius 3 is 2.58 bits per heavy atom. The number of methoxy groups -OCH3 is 1. The molecule has 5 atom stereocenters. The smallest absolute Gasteiger partial charge is 0.240 e. The molecule has 3 aromatic rings. The Hall–Kier alpha value is -4.48. The molecule has 2 heterocycles. The van der Waals surface area contributed by atoms with Gasteiger partial charge in [0.25, 0.3) is 0 Å². The van der Waals surface area contributed by atoms with E-state index in [-0.39, 0.29) is 23.8 Å². The van der Waals surface area contributed by atoms with Crippen LogP contribution in [0.1, 0.15) is 88.8 Å². The molecular weight excluding hydrogens is 739 g/mol. The molecule has 3 amide bonds. The zero-order valence-electron chi connectivity index (χ0n) is 32.0. The Morgan fingerprint density at radius 2 is 1.89 bits per heavy atom. The van der Waals surface area contributed by atoms with Crippen molar-refractivity contribution in [3.8, 4) is 34.5 Å². The van der Waals surface area contributed by atoms with Gasteiger partial charge in [-0.15, -0.1) is 17.8 Å². The summed E-state index contributed by atoms with van der Waals surface area (Å²) < 4.78 is 38.8. The van der Waals surface area contributed by atoms with Gasteiger partial charge in [-0.1, -0.05) is 18.6 Å². The van der Waals surface area contributed by atoms with E-state index in [1.54, 1.807) is 31.4 Å². The largest absolute Gasteiger partial charge is 0.496 e. The first kappa shape index (κ1) is 40.2. The Bertz CT molecular complexity index is 2120. The minimum Gasteiger partial charge on any atom is -0.496 e. The van der Waals surface area contributed by atoms with Crippen LogP contribution in [0, 0.1) is 42.9 Å². The molecule has 3 aliphatic rings. The first-order valence-electron chi connectivity index (χ1n) is 19.1. The number of carbonyl (C=O) groups is 3. The summed E-state index contributed by atoms with van der Waals surface area (Å²) >= 11 is 1.40. The molecule has 1 unspecified atom stereocenters. The highest BCUT2D eigenvalue weighted by Crippen LogP contribution is 2.43. The lowest BCUT2D eigenvalue weighted by atomic mass is 9.76. The molecule has 12 nitrogen and oxygen atoms in total. The molecule has 3 fully saturated rings. The van der Waals surface area contributed by atoms with E-state index in [4.69, 9.17) is 26.6 Å². The number of fused-ring (bicyclic) bond motifs is 1. The van der Waals surface area contributed by atoms with Crippen molar-refractivity contribution in [2.75, 3.05) is 20.7 Å². The standard InChI is InChI=1S/C41H51N5O7S2/c1-6-27-24-54-39(43-27)33-23-35(31-17-18-34(52-5)25(2)36(31)44-33)53-28-15-16-30(32(22-28)37(42)47)40(49)46(4)21-10-8-7-9-12-26-13-11-14-29(26)38(48)45-55(50,51)41(3)19-20-41/h1,9,12,17-18,23-24,26,28-30,32H,7-8,10-11,13-16,19-22H2,2-5H3,(H2,42,47)(H,45,48)/b12-9-/t26-,28+,29?,30-,32-/m1/s1. The second kappa shape index (κ2) is 16.7. The fourth-order valence-electron chi connectivity index (χ4n) is 7.89. The fraction of sp³-hybridized carbons (Fsp3) is 0.537. The second-order valence-corrected chi connectivity index (χ2v) is 18.5. The average molecular weight is 790 g/mol. The van der Waals surface area contributed by atoms with Gasteiger partial charge in [0.2, 0.25) is 27.7 Å². The zero-order chi connectivity index (χ0) is 39.5. The van der Waals surface area contributed by atoms with E-state index < -0.39 is 38.4 Å². The molecule has 3 saturated carbocycles. The maximum atomic E-state index is 13.7. The number of primary amides is 1. The van der Waals surface area contributed by atoms with Gasteiger partial charge < -0.3 is 20.1 Å². The van der Waals surface area contributed by atoms with Crippen molar-refractivity contribution in [2.24, 2.45) is 29.4 Å². The molecule has 6 rings (SSSR count). The molecule has 0 saturated heterocycles. The topological polar surface area (TPSA) is 171 Å². The number of nitrogens with one attached hydrogen (secondary N) is 1. The quantitative estimate of drug-likeness (QED) is 0.108. The van der Waals surface area contributed by atoms with E-state index in [0.717, 1.165) is 43.1 Å². The van der Waals surface area contributed by atoms with E-state index in [9.17, 15) is 22.8 Å². The predicted octanol–water partition coefficient (Wildman–Crippen LogP) is 5.91. The monoisotopic (exact) mass is 789 g/mol. The minimum atomic E-state index is -3.65. The van der Waals surface area contributed by atoms with Crippen LogP contribution >= 0.6 is 11.3 Å². The molecule has 0 spiro atoms. The highest BCUT2D eigenvalue weighted by atomic mass is 32.2. The highest BCUT2D eigenvalue weighted by Gasteiger charge is 2.51. The third-order valence-corrected chi connectivity index (χ3v) is 14.7. The summed E-state index contributed by atoms with van der Waals surface area (Å²) in [5.41, 5.74) is 8.61. The van der Waals surface area contributed by atoms with Crippen LogP contribution in [-0.2, 0) is 24.4 Å². The lowest BCUT2D eigenvalue weighted by Gasteiger charge is -2.35. The summed E-state index contributed by atoms with van der Waals surface area (Å²) in [7, 11) is -0.270. The van der Waals surface area contributed by atoms with Crippen LogP contribution in [0.3, 0.4) is 0 Å². The first-order chi connectivity index (χ1) is 26.2. The van der Waals surface area contributed by atoms with Crippen LogP contribution < -0.4 is 19.9 Å². The molecule has 55 heavy (non-hydrogen) atoms. The number of thiazole rings is 1. The second-order valence-electron chi connectivity index (χ2n) is 15.4. The molecule has 1 aromatic carbocycles. The van der Waals surface area contributed by atoms with Crippen molar-refractivity contribution in [2.45, 2.75) is 95.3 Å². The van der Waals surface area contributed by atoms with E-state index >= 15 is 0 Å². The van der Waals surface area contributed by atoms with Gasteiger partial charge in [-0.3, -0.25) is 19.1 Å². The molecular formula is C41H51N5O7S2. The van der Waals surface area contributed by atoms with Crippen molar-refractivity contribution >= 4 is 50.0 Å². The van der Waals surface area contributed by atoms with Crippen LogP contribution in [0.4, 0.5) is 0 Å². The Labute approximate surface area is 327 Å². The van der Waals surface area contributed by atoms with Gasteiger partial charge in [-0.05, 0) is 102 Å². The van der Waals surface area contributed by atoms with E-state index in [0.29, 0.717) is 78.5 Å². The number of allylic oxidation sites excluding steroid dienone is 2. The molecule has 0 bridgehead atoms. The predicted molar refractivity (Wildman–Crippen MR) is 213 cm³/mol. The Kier molecular flexibility index (Phi) is 12.2. The van der Waals surface area contributed by atoms with Crippen LogP contribution in [0.15, 0.2) is 35.7 Å². The van der Waals surface area contributed by atoms with Gasteiger partial charge in [-0.2, -0.15) is 0 Å². The SMILES string of the molecule is C#Cc1csc(-c2cc(O[C@H]3CC[C@@H](C(=O)N(C)CCCC/C=C\[C@@H]4CCCC4C(=O)NS(=O)(=O)C4(C)CC4)[C@H](C(N)=O)C3)c3ccc(OC)c(C)c3n2)n1. The fourth-order valence-corrected chi connectivity index (χ4v) is 9.91. The van der Waals surface area contributed by atoms with Gasteiger partial charge in [-0.25, -0.2) is 18.4 Å². The number of aromatic nitrogens is 2. The number of carbonyl (C=O) groups excluding carboxylic acids is 3. The Balaban J connectivity index is 1.03. The number of hydrogen-bond donors (Lipinski definition) is 2. The maximum Gasteiger partial charge on any atom is 0.240 e. The summed E-state index contributed by atoms with van der Waals surface area (Å²) in [6, 6.07) is 5.62. The molecule has 3 aliphatic carbocycles. The van der Waals surface area contributed by atoms with Crippen molar-refractivity contribution in [3.63, 3.8) is 0 Å². The van der Waals surface area contributed by atoms with Gasteiger partial charge in [0, 0.05) is 47.8 Å². The molecule has 14 heteroatoms. The van der Waals surface area contributed by atoms with Crippen molar-refractivity contribution in [3.05, 3.63) is 47.0 Å². The summed E-state index contributed by atoms with van der Waals surface area (Å²) in [5.74, 6) is 1.31. The third kappa shape index (κ3) is 8.83. The molecule has 3 N–H and O–H groups in total. The number of aryl methyl sites for hydroxylation is 1. The summed E-state index contributed by atoms with van der Waals surface area (Å²) in [5, 5.41) is 3.25. The number of pyridine rings is 1. The zero-order valence-corrected chi connectivity index (χ0v) is 33.6. The van der Waals surface area contributed by atoms with Gasteiger partial charge in [0.15, 0.2) is 0 Å². The molecule has 294 valence electrons. The van der Waals surface area contributed by atoms with Crippen molar-refractivity contribution in [1.29, 1.82) is 0 Å². The Morgan fingerprint density at radius 1 is 1.11 bits per heavy atom. The van der Waals surface area contributed by atoms with Gasteiger partial charge >= 0.3 is 0 Å². The summed E-state index contributed by atoms with van der Waals surface area (Å²) in [6.45, 7) is 4.15. The molecule has 2 aromatic heterocycles. The highest BCUT2D eigenvalue weighted by molar-refractivity contribution is 7.91. The third-order valence-electron chi connectivity index (χ3n) is 11.6. The number of ether oxygens (including phenoxy) is 2. The molecule has 0 radical (unpaired) electrons. The number of sulfonamides is 1. The van der Waals surface area contributed by atoms with E-state index in [1.807, 2.05) is 25.1 Å².